The summed E-state index contributed by atoms with van der Waals surface area (Å²) in [5.74, 6) is 0. The van der Waals surface area contributed by atoms with Crippen LogP contribution in [0, 0.1) is 0 Å². The van der Waals surface area contributed by atoms with Crippen LogP contribution in [0.25, 0.3) is 0 Å². The van der Waals surface area contributed by atoms with E-state index in [9.17, 15) is 3.02 Å². The Balaban J connectivity index is 2.98. The molecule has 3 heteroatoms. The molecule has 0 heterocycles. The van der Waals surface area contributed by atoms with Crippen LogP contribution in [-0.4, -0.2) is 24.0 Å². The maximum absolute atomic E-state index is 10.5. The van der Waals surface area contributed by atoms with Crippen molar-refractivity contribution in [1.82, 2.24) is 0 Å². The van der Waals surface area contributed by atoms with Gasteiger partial charge in [-0.05, 0) is 0 Å². The zero-order valence-electron chi connectivity index (χ0n) is 4.74. The summed E-state index contributed by atoms with van der Waals surface area (Å²) < 4.78 is 19.8. The molecule has 1 rings (SSSR count). The van der Waals surface area contributed by atoms with Gasteiger partial charge in [0.25, 0.3) is 0 Å². The third-order valence-corrected chi connectivity index (χ3v) is 3.38. The SMILES string of the molecule is [O]=[SbH]([OH])[c]1ccccc1. The fourth-order valence-corrected chi connectivity index (χ4v) is 1.94. The zero-order valence-corrected chi connectivity index (χ0v) is 7.60. The molecule has 0 amide bonds. The predicted molar refractivity (Wildman–Crippen MR) is 36.1 cm³/mol. The average molecular weight is 233 g/mol. The van der Waals surface area contributed by atoms with Crippen molar-refractivity contribution in [2.75, 3.05) is 0 Å². The molecule has 0 aromatic heterocycles. The third-order valence-electron chi connectivity index (χ3n) is 1.02. The summed E-state index contributed by atoms with van der Waals surface area (Å²) >= 11 is -3.27. The van der Waals surface area contributed by atoms with E-state index in [0.29, 0.717) is 3.51 Å². The van der Waals surface area contributed by atoms with Gasteiger partial charge in [0.2, 0.25) is 0 Å². The van der Waals surface area contributed by atoms with E-state index in [2.05, 4.69) is 0 Å². The van der Waals surface area contributed by atoms with Gasteiger partial charge >= 0.3 is 60.9 Å². The molecular formula is C6H7O2Sb. The quantitative estimate of drug-likeness (QED) is 0.666. The van der Waals surface area contributed by atoms with Crippen LogP contribution in [0.1, 0.15) is 0 Å². The van der Waals surface area contributed by atoms with Crippen molar-refractivity contribution in [3.05, 3.63) is 30.3 Å². The van der Waals surface area contributed by atoms with Gasteiger partial charge in [-0.1, -0.05) is 0 Å². The fraction of sp³-hybridized carbons (Fsp3) is 0. The molecular weight excluding hydrogens is 226 g/mol. The first-order valence-corrected chi connectivity index (χ1v) is 6.46. The van der Waals surface area contributed by atoms with Crippen LogP contribution in [0.2, 0.25) is 0 Å². The predicted octanol–water partition coefficient (Wildman–Crippen LogP) is -0.463. The monoisotopic (exact) mass is 232 g/mol. The van der Waals surface area contributed by atoms with Gasteiger partial charge in [0.05, 0.1) is 0 Å². The molecule has 2 nitrogen and oxygen atoms in total. The van der Waals surface area contributed by atoms with Crippen LogP contribution in [0.5, 0.6) is 0 Å². The standard InChI is InChI=1S/C6H5.H2O.O.Sb.H/c1-2-4-6-5-3-1;;;;/h1-5H;1H2;;;/q;;;+1;/p-1. The Kier molecular flexibility index (Phi) is 2.37. The van der Waals surface area contributed by atoms with E-state index in [1.54, 1.807) is 24.3 Å². The summed E-state index contributed by atoms with van der Waals surface area (Å²) in [4.78, 5) is 0. The van der Waals surface area contributed by atoms with Crippen molar-refractivity contribution >= 4 is 24.1 Å². The van der Waals surface area contributed by atoms with Crippen LogP contribution in [0.4, 0.5) is 0 Å². The first-order chi connectivity index (χ1) is 4.30. The molecule has 0 radical (unpaired) electrons. The molecule has 1 atom stereocenters. The Labute approximate surface area is 61.0 Å². The molecule has 0 aliphatic rings. The second-order valence-electron chi connectivity index (χ2n) is 1.67. The Morgan fingerprint density at radius 1 is 1.22 bits per heavy atom. The second kappa shape index (κ2) is 3.09. The van der Waals surface area contributed by atoms with Crippen molar-refractivity contribution in [1.29, 1.82) is 0 Å². The molecule has 1 aromatic carbocycles. The van der Waals surface area contributed by atoms with Gasteiger partial charge in [-0.2, -0.15) is 0 Å². The van der Waals surface area contributed by atoms with Crippen LogP contribution < -0.4 is 3.51 Å². The zero-order chi connectivity index (χ0) is 6.69. The summed E-state index contributed by atoms with van der Waals surface area (Å²) in [5.41, 5.74) is 0. The average Bonchev–Trinajstić information content (AvgIpc) is 1.90. The summed E-state index contributed by atoms with van der Waals surface area (Å²) in [6.45, 7) is 0. The minimum absolute atomic E-state index is 0.611. The van der Waals surface area contributed by atoms with Gasteiger partial charge in [0.15, 0.2) is 0 Å². The Morgan fingerprint density at radius 2 is 1.78 bits per heavy atom. The van der Waals surface area contributed by atoms with Gasteiger partial charge in [-0.3, -0.25) is 0 Å². The van der Waals surface area contributed by atoms with Gasteiger partial charge in [0, 0.05) is 0 Å². The first kappa shape index (κ1) is 6.91. The fourth-order valence-electron chi connectivity index (χ4n) is 0.581. The molecule has 1 N–H and O–H groups in total. The van der Waals surface area contributed by atoms with Gasteiger partial charge in [-0.25, -0.2) is 0 Å². The maximum atomic E-state index is 10.5. The van der Waals surface area contributed by atoms with Crippen molar-refractivity contribution in [3.8, 4) is 0 Å². The molecule has 0 spiro atoms. The molecule has 9 heavy (non-hydrogen) atoms. The molecule has 0 saturated heterocycles. The van der Waals surface area contributed by atoms with Crippen molar-refractivity contribution in [3.63, 3.8) is 0 Å². The van der Waals surface area contributed by atoms with Gasteiger partial charge < -0.3 is 0 Å². The third kappa shape index (κ3) is 1.88. The number of hydrogen-bond donors (Lipinski definition) is 1. The van der Waals surface area contributed by atoms with E-state index < -0.39 is 20.6 Å². The summed E-state index contributed by atoms with van der Waals surface area (Å²) in [6, 6.07) is 8.73. The first-order valence-electron chi connectivity index (χ1n) is 2.59. The minimum atomic E-state index is -3.27. The van der Waals surface area contributed by atoms with Crippen LogP contribution in [0.3, 0.4) is 0 Å². The van der Waals surface area contributed by atoms with Crippen molar-refractivity contribution in [2.24, 2.45) is 0 Å². The van der Waals surface area contributed by atoms with Crippen LogP contribution in [0.15, 0.2) is 30.3 Å². The van der Waals surface area contributed by atoms with E-state index in [-0.39, 0.29) is 0 Å². The normalized spacial score (nSPS) is 13.0. The Bertz CT molecular complexity index is 208. The van der Waals surface area contributed by atoms with Gasteiger partial charge in [-0.15, -0.1) is 0 Å². The summed E-state index contributed by atoms with van der Waals surface area (Å²) in [5, 5.41) is 0. The van der Waals surface area contributed by atoms with E-state index in [1.807, 2.05) is 6.07 Å². The molecule has 0 fully saturated rings. The number of rotatable bonds is 1. The molecule has 1 aromatic rings. The summed E-state index contributed by atoms with van der Waals surface area (Å²) in [7, 11) is 0. The van der Waals surface area contributed by atoms with E-state index in [0.717, 1.165) is 0 Å². The van der Waals surface area contributed by atoms with Crippen molar-refractivity contribution in [2.45, 2.75) is 0 Å². The Hall–Kier alpha value is -0.202. The summed E-state index contributed by atoms with van der Waals surface area (Å²) in [6.07, 6.45) is 0. The number of hydrogen-bond acceptors (Lipinski definition) is 1. The second-order valence-corrected chi connectivity index (χ2v) is 5.06. The molecule has 1 unspecified atom stereocenters. The topological polar surface area (TPSA) is 37.3 Å². The van der Waals surface area contributed by atoms with E-state index in [1.165, 1.54) is 0 Å². The number of benzene rings is 1. The van der Waals surface area contributed by atoms with E-state index in [4.69, 9.17) is 3.39 Å². The molecule has 0 saturated carbocycles. The van der Waals surface area contributed by atoms with Crippen LogP contribution >= 0.6 is 0 Å². The van der Waals surface area contributed by atoms with Crippen LogP contribution in [-0.2, 0) is 3.02 Å². The molecule has 48 valence electrons. The molecule has 0 aliphatic heterocycles. The molecule has 0 aliphatic carbocycles. The Morgan fingerprint density at radius 3 is 2.11 bits per heavy atom. The van der Waals surface area contributed by atoms with E-state index >= 15 is 0 Å². The molecule has 0 bridgehead atoms. The van der Waals surface area contributed by atoms with Crippen molar-refractivity contribution < 1.29 is 6.40 Å². The van der Waals surface area contributed by atoms with Gasteiger partial charge in [0.1, 0.15) is 0 Å².